The maximum absolute atomic E-state index is 12.1. The van der Waals surface area contributed by atoms with Crippen LogP contribution in [0, 0.1) is 0 Å². The summed E-state index contributed by atoms with van der Waals surface area (Å²) in [6.45, 7) is -2.70. The number of hydrogen-bond donors (Lipinski definition) is 3. The largest absolute Gasteiger partial charge is 0.480 e. The first-order valence-corrected chi connectivity index (χ1v) is 5.16. The molecular formula is C9H14F3N3O4. The van der Waals surface area contributed by atoms with Crippen LogP contribution in [0.25, 0.3) is 0 Å². The van der Waals surface area contributed by atoms with E-state index in [0.717, 1.165) is 0 Å². The van der Waals surface area contributed by atoms with Crippen LogP contribution in [0.15, 0.2) is 0 Å². The molecular weight excluding hydrogens is 271 g/mol. The highest BCUT2D eigenvalue weighted by molar-refractivity contribution is 5.94. The zero-order chi connectivity index (χ0) is 15.1. The highest BCUT2D eigenvalue weighted by Gasteiger charge is 2.31. The summed E-state index contributed by atoms with van der Waals surface area (Å²) in [6, 6.07) is -0.786. The molecule has 0 spiro atoms. The molecule has 0 bridgehead atoms. The normalized spacial score (nSPS) is 11.2. The molecule has 0 rings (SSSR count). The summed E-state index contributed by atoms with van der Waals surface area (Å²) >= 11 is 0. The summed E-state index contributed by atoms with van der Waals surface area (Å²) in [7, 11) is 1.27. The van der Waals surface area contributed by atoms with Crippen molar-refractivity contribution in [2.45, 2.75) is 12.6 Å². The van der Waals surface area contributed by atoms with Gasteiger partial charge in [0.1, 0.15) is 0 Å². The van der Waals surface area contributed by atoms with Gasteiger partial charge in [0.2, 0.25) is 5.91 Å². The first-order chi connectivity index (χ1) is 8.64. The molecule has 0 unspecified atom stereocenters. The van der Waals surface area contributed by atoms with Crippen molar-refractivity contribution in [2.75, 3.05) is 26.7 Å². The number of hydrogen-bond acceptors (Lipinski definition) is 4. The fraction of sp³-hybridized carbons (Fsp3) is 0.667. The fourth-order valence-corrected chi connectivity index (χ4v) is 1.17. The predicted molar refractivity (Wildman–Crippen MR) is 57.3 cm³/mol. The lowest BCUT2D eigenvalue weighted by molar-refractivity contribution is -0.154. The predicted octanol–water partition coefficient (Wildman–Crippen LogP) is -0.219. The Kier molecular flexibility index (Phi) is 6.83. The van der Waals surface area contributed by atoms with E-state index in [9.17, 15) is 27.6 Å². The maximum Gasteiger partial charge on any atom is 0.401 e. The van der Waals surface area contributed by atoms with Crippen LogP contribution in [0.4, 0.5) is 18.0 Å². The van der Waals surface area contributed by atoms with Crippen molar-refractivity contribution in [3.63, 3.8) is 0 Å². The SMILES string of the molecule is CNC(=O)NC(=O)CCN(CC(=O)O)CC(F)(F)F. The van der Waals surface area contributed by atoms with Crippen molar-refractivity contribution in [3.8, 4) is 0 Å². The molecule has 3 amide bonds. The molecule has 0 atom stereocenters. The number of imide groups is 1. The number of nitrogens with zero attached hydrogens (tertiary/aromatic N) is 1. The molecule has 0 aliphatic heterocycles. The maximum atomic E-state index is 12.1. The van der Waals surface area contributed by atoms with Gasteiger partial charge in [0.15, 0.2) is 0 Å². The van der Waals surface area contributed by atoms with Crippen LogP contribution < -0.4 is 10.6 Å². The summed E-state index contributed by atoms with van der Waals surface area (Å²) in [6.07, 6.45) is -4.98. The van der Waals surface area contributed by atoms with Crippen LogP contribution in [0.3, 0.4) is 0 Å². The smallest absolute Gasteiger partial charge is 0.401 e. The number of halogens is 3. The van der Waals surface area contributed by atoms with E-state index in [-0.39, 0.29) is 0 Å². The summed E-state index contributed by atoms with van der Waals surface area (Å²) in [5.74, 6) is -2.23. The van der Waals surface area contributed by atoms with E-state index in [2.05, 4.69) is 5.32 Å². The monoisotopic (exact) mass is 285 g/mol. The first-order valence-electron chi connectivity index (χ1n) is 5.16. The minimum absolute atomic E-state index is 0.420. The lowest BCUT2D eigenvalue weighted by Crippen LogP contribution is -2.42. The van der Waals surface area contributed by atoms with Gasteiger partial charge in [-0.05, 0) is 0 Å². The van der Waals surface area contributed by atoms with Crippen molar-refractivity contribution in [1.29, 1.82) is 0 Å². The molecule has 7 nitrogen and oxygen atoms in total. The first kappa shape index (κ1) is 17.2. The van der Waals surface area contributed by atoms with E-state index in [1.807, 2.05) is 5.32 Å². The summed E-state index contributed by atoms with van der Waals surface area (Å²) in [4.78, 5) is 32.8. The molecule has 3 N–H and O–H groups in total. The van der Waals surface area contributed by atoms with Crippen molar-refractivity contribution < 1.29 is 32.7 Å². The van der Waals surface area contributed by atoms with E-state index in [1.165, 1.54) is 7.05 Å². The Labute approximate surface area is 106 Å². The quantitative estimate of drug-likeness (QED) is 0.626. The highest BCUT2D eigenvalue weighted by atomic mass is 19.4. The number of carbonyl (C=O) groups excluding carboxylic acids is 2. The number of urea groups is 1. The molecule has 0 aromatic rings. The summed E-state index contributed by atoms with van der Waals surface area (Å²) in [5, 5.41) is 12.4. The van der Waals surface area contributed by atoms with Gasteiger partial charge in [-0.15, -0.1) is 0 Å². The van der Waals surface area contributed by atoms with Gasteiger partial charge in [0.25, 0.3) is 0 Å². The molecule has 0 aromatic carbocycles. The van der Waals surface area contributed by atoms with Gasteiger partial charge in [-0.25, -0.2) is 4.79 Å². The van der Waals surface area contributed by atoms with Crippen LogP contribution in [0.5, 0.6) is 0 Å². The molecule has 0 heterocycles. The number of nitrogens with one attached hydrogen (secondary N) is 2. The lowest BCUT2D eigenvalue weighted by Gasteiger charge is -2.21. The molecule has 0 saturated heterocycles. The molecule has 110 valence electrons. The molecule has 0 saturated carbocycles. The molecule has 0 fully saturated rings. The Bertz CT molecular complexity index is 346. The topological polar surface area (TPSA) is 98.7 Å². The van der Waals surface area contributed by atoms with E-state index >= 15 is 0 Å². The third kappa shape index (κ3) is 9.83. The second kappa shape index (κ2) is 7.56. The third-order valence-corrected chi connectivity index (χ3v) is 1.90. The second-order valence-electron chi connectivity index (χ2n) is 3.60. The third-order valence-electron chi connectivity index (χ3n) is 1.90. The van der Waals surface area contributed by atoms with Crippen molar-refractivity contribution in [1.82, 2.24) is 15.5 Å². The number of carbonyl (C=O) groups is 3. The van der Waals surface area contributed by atoms with Gasteiger partial charge in [-0.3, -0.25) is 19.8 Å². The molecule has 19 heavy (non-hydrogen) atoms. The highest BCUT2D eigenvalue weighted by Crippen LogP contribution is 2.16. The number of carboxylic acid groups (broad SMARTS) is 1. The van der Waals surface area contributed by atoms with E-state index in [1.54, 1.807) is 0 Å². The van der Waals surface area contributed by atoms with Crippen LogP contribution >= 0.6 is 0 Å². The van der Waals surface area contributed by atoms with Crippen LogP contribution in [0.1, 0.15) is 6.42 Å². The minimum atomic E-state index is -4.56. The Balaban J connectivity index is 4.29. The molecule has 0 aromatic heterocycles. The van der Waals surface area contributed by atoms with Gasteiger partial charge < -0.3 is 10.4 Å². The lowest BCUT2D eigenvalue weighted by atomic mass is 10.3. The van der Waals surface area contributed by atoms with Crippen LogP contribution in [-0.4, -0.2) is 60.8 Å². The van der Waals surface area contributed by atoms with Gasteiger partial charge in [0.05, 0.1) is 13.1 Å². The Morgan fingerprint density at radius 2 is 1.84 bits per heavy atom. The molecule has 0 aliphatic rings. The number of carboxylic acids is 1. The van der Waals surface area contributed by atoms with E-state index < -0.39 is 50.1 Å². The van der Waals surface area contributed by atoms with Crippen LogP contribution in [-0.2, 0) is 9.59 Å². The Morgan fingerprint density at radius 3 is 2.26 bits per heavy atom. The summed E-state index contributed by atoms with van der Waals surface area (Å²) in [5.41, 5.74) is 0. The second-order valence-corrected chi connectivity index (χ2v) is 3.60. The average molecular weight is 285 g/mol. The molecule has 0 aliphatic carbocycles. The van der Waals surface area contributed by atoms with E-state index in [4.69, 9.17) is 5.11 Å². The fourth-order valence-electron chi connectivity index (χ4n) is 1.17. The average Bonchev–Trinajstić information content (AvgIpc) is 2.22. The van der Waals surface area contributed by atoms with Crippen molar-refractivity contribution >= 4 is 17.9 Å². The standard InChI is InChI=1S/C9H14F3N3O4/c1-13-8(19)14-6(16)2-3-15(4-7(17)18)5-9(10,11)12/h2-5H2,1H3,(H,17,18)(H2,13,14,16,19). The number of rotatable bonds is 6. The van der Waals surface area contributed by atoms with Gasteiger partial charge in [-0.2, -0.15) is 13.2 Å². The number of alkyl halides is 3. The zero-order valence-electron chi connectivity index (χ0n) is 10.1. The van der Waals surface area contributed by atoms with Crippen molar-refractivity contribution in [2.24, 2.45) is 0 Å². The van der Waals surface area contributed by atoms with Crippen LogP contribution in [0.2, 0.25) is 0 Å². The zero-order valence-corrected chi connectivity index (χ0v) is 10.1. The molecule has 0 radical (unpaired) electrons. The van der Waals surface area contributed by atoms with E-state index in [0.29, 0.717) is 4.90 Å². The van der Waals surface area contributed by atoms with Gasteiger partial charge in [-0.1, -0.05) is 0 Å². The van der Waals surface area contributed by atoms with Gasteiger partial charge in [0, 0.05) is 20.0 Å². The van der Waals surface area contributed by atoms with Gasteiger partial charge >= 0.3 is 18.2 Å². The Morgan fingerprint density at radius 1 is 1.26 bits per heavy atom. The number of amides is 3. The Hall–Kier alpha value is -1.84. The minimum Gasteiger partial charge on any atom is -0.480 e. The summed E-state index contributed by atoms with van der Waals surface area (Å²) < 4.78 is 36.4. The molecule has 10 heteroatoms. The van der Waals surface area contributed by atoms with Crippen molar-refractivity contribution in [3.05, 3.63) is 0 Å². The number of aliphatic carboxylic acids is 1.